The van der Waals surface area contributed by atoms with Crippen molar-refractivity contribution < 1.29 is 9.53 Å². The van der Waals surface area contributed by atoms with E-state index in [1.54, 1.807) is 12.3 Å². The molecule has 2 rings (SSSR count). The minimum atomic E-state index is -0.342. The molecule has 0 aliphatic heterocycles. The number of fused-ring (bicyclic) bond motifs is 1. The van der Waals surface area contributed by atoms with Crippen LogP contribution in [0.25, 0.3) is 10.9 Å². The molecule has 76 valence electrons. The highest BCUT2D eigenvalue weighted by Crippen LogP contribution is 2.31. The third-order valence-corrected chi connectivity index (χ3v) is 2.70. The predicted molar refractivity (Wildman–Crippen MR) is 60.8 cm³/mol. The third-order valence-electron chi connectivity index (χ3n) is 1.93. The molecule has 0 aliphatic rings. The van der Waals surface area contributed by atoms with E-state index in [9.17, 15) is 4.79 Å². The summed E-state index contributed by atoms with van der Waals surface area (Å²) < 4.78 is 5.73. The summed E-state index contributed by atoms with van der Waals surface area (Å²) in [7, 11) is 0. The summed E-state index contributed by atoms with van der Waals surface area (Å²) in [5, 5.41) is 1.00. The van der Waals surface area contributed by atoms with E-state index in [0.717, 1.165) is 10.9 Å². The van der Waals surface area contributed by atoms with Gasteiger partial charge in [-0.25, -0.2) is 0 Å². The molecule has 0 spiro atoms. The van der Waals surface area contributed by atoms with Gasteiger partial charge in [0.1, 0.15) is 5.75 Å². The number of carbonyl (C=O) groups is 1. The predicted octanol–water partition coefficient (Wildman–Crippen LogP) is 2.92. The highest BCUT2D eigenvalue weighted by Gasteiger charge is 2.08. The first-order chi connectivity index (χ1) is 7.18. The summed E-state index contributed by atoms with van der Waals surface area (Å²) in [5.41, 5.74) is 0.788. The Bertz CT molecular complexity index is 525. The Hall–Kier alpha value is -1.42. The molecule has 1 aromatic heterocycles. The van der Waals surface area contributed by atoms with Gasteiger partial charge in [-0.15, -0.1) is 0 Å². The van der Waals surface area contributed by atoms with Gasteiger partial charge in [-0.05, 0) is 34.1 Å². The number of aromatic nitrogens is 1. The first kappa shape index (κ1) is 10.1. The van der Waals surface area contributed by atoms with Gasteiger partial charge in [-0.2, -0.15) is 0 Å². The van der Waals surface area contributed by atoms with E-state index in [4.69, 9.17) is 4.74 Å². The van der Waals surface area contributed by atoms with Crippen molar-refractivity contribution in [1.29, 1.82) is 0 Å². The molecule has 0 fully saturated rings. The van der Waals surface area contributed by atoms with Crippen LogP contribution in [0, 0.1) is 0 Å². The molecular weight excluding hydrogens is 258 g/mol. The highest BCUT2D eigenvalue weighted by molar-refractivity contribution is 9.10. The fourth-order valence-corrected chi connectivity index (χ4v) is 1.87. The number of nitrogens with zero attached hydrogens (tertiary/aromatic N) is 1. The van der Waals surface area contributed by atoms with Crippen molar-refractivity contribution in [3.63, 3.8) is 0 Å². The van der Waals surface area contributed by atoms with Crippen LogP contribution in [-0.4, -0.2) is 11.0 Å². The average Bonchev–Trinajstić information content (AvgIpc) is 2.22. The Morgan fingerprint density at radius 3 is 2.93 bits per heavy atom. The molecule has 15 heavy (non-hydrogen) atoms. The van der Waals surface area contributed by atoms with Gasteiger partial charge in [0.2, 0.25) is 0 Å². The van der Waals surface area contributed by atoms with E-state index >= 15 is 0 Å². The smallest absolute Gasteiger partial charge is 0.308 e. The standard InChI is InChI=1S/C11H8BrNO2/c1-7(14)15-9-5-4-8-3-2-6-13-11(8)10(9)12/h2-6H,1H3. The van der Waals surface area contributed by atoms with E-state index in [0.29, 0.717) is 10.2 Å². The number of carbonyl (C=O) groups excluding carboxylic acids is 1. The van der Waals surface area contributed by atoms with Crippen LogP contribution in [0.2, 0.25) is 0 Å². The lowest BCUT2D eigenvalue weighted by Gasteiger charge is -2.06. The maximum atomic E-state index is 10.8. The lowest BCUT2D eigenvalue weighted by atomic mass is 10.2. The van der Waals surface area contributed by atoms with Gasteiger partial charge in [0.25, 0.3) is 0 Å². The molecule has 2 aromatic rings. The number of benzene rings is 1. The number of hydrogen-bond donors (Lipinski definition) is 0. The summed E-state index contributed by atoms with van der Waals surface area (Å²) in [4.78, 5) is 15.0. The maximum Gasteiger partial charge on any atom is 0.308 e. The van der Waals surface area contributed by atoms with Crippen LogP contribution < -0.4 is 4.74 Å². The van der Waals surface area contributed by atoms with Crippen LogP contribution in [0.3, 0.4) is 0 Å². The van der Waals surface area contributed by atoms with Crippen molar-refractivity contribution in [2.45, 2.75) is 6.92 Å². The van der Waals surface area contributed by atoms with Crippen LogP contribution in [-0.2, 0) is 4.79 Å². The first-order valence-corrected chi connectivity index (χ1v) is 5.19. The molecule has 0 aliphatic carbocycles. The average molecular weight is 266 g/mol. The van der Waals surface area contributed by atoms with Crippen LogP contribution in [0.1, 0.15) is 6.92 Å². The zero-order valence-corrected chi connectivity index (χ0v) is 9.61. The van der Waals surface area contributed by atoms with Crippen molar-refractivity contribution in [1.82, 2.24) is 4.98 Å². The Balaban J connectivity index is 2.59. The largest absolute Gasteiger partial charge is 0.425 e. The van der Waals surface area contributed by atoms with Gasteiger partial charge in [0.05, 0.1) is 9.99 Å². The number of esters is 1. The minimum Gasteiger partial charge on any atom is -0.425 e. The Morgan fingerprint density at radius 2 is 2.20 bits per heavy atom. The van der Waals surface area contributed by atoms with Crippen LogP contribution in [0.15, 0.2) is 34.9 Å². The van der Waals surface area contributed by atoms with Gasteiger partial charge < -0.3 is 4.74 Å². The zero-order chi connectivity index (χ0) is 10.8. The van der Waals surface area contributed by atoms with Crippen LogP contribution in [0.4, 0.5) is 0 Å². The second-order valence-electron chi connectivity index (χ2n) is 3.05. The van der Waals surface area contributed by atoms with Gasteiger partial charge in [0.15, 0.2) is 0 Å². The molecule has 1 heterocycles. The van der Waals surface area contributed by atoms with E-state index < -0.39 is 0 Å². The third kappa shape index (κ3) is 1.99. The number of rotatable bonds is 1. The summed E-state index contributed by atoms with van der Waals surface area (Å²) in [6.45, 7) is 1.37. The fraction of sp³-hybridized carbons (Fsp3) is 0.0909. The molecular formula is C11H8BrNO2. The van der Waals surface area contributed by atoms with Gasteiger partial charge in [-0.1, -0.05) is 6.07 Å². The molecule has 1 aromatic carbocycles. The number of halogens is 1. The van der Waals surface area contributed by atoms with Crippen molar-refractivity contribution in [3.05, 3.63) is 34.9 Å². The van der Waals surface area contributed by atoms with Crippen molar-refractivity contribution >= 4 is 32.8 Å². The molecule has 0 atom stereocenters. The quantitative estimate of drug-likeness (QED) is 0.588. The van der Waals surface area contributed by atoms with Crippen molar-refractivity contribution in [2.75, 3.05) is 0 Å². The van der Waals surface area contributed by atoms with Gasteiger partial charge in [0, 0.05) is 18.5 Å². The van der Waals surface area contributed by atoms with E-state index in [2.05, 4.69) is 20.9 Å². The van der Waals surface area contributed by atoms with Crippen molar-refractivity contribution in [3.8, 4) is 5.75 Å². The topological polar surface area (TPSA) is 39.2 Å². The lowest BCUT2D eigenvalue weighted by molar-refractivity contribution is -0.131. The molecule has 0 saturated carbocycles. The molecule has 0 unspecified atom stereocenters. The first-order valence-electron chi connectivity index (χ1n) is 4.40. The second-order valence-corrected chi connectivity index (χ2v) is 3.84. The molecule has 4 heteroatoms. The SMILES string of the molecule is CC(=O)Oc1ccc2cccnc2c1Br. The molecule has 0 saturated heterocycles. The van der Waals surface area contributed by atoms with E-state index in [1.165, 1.54) is 6.92 Å². The lowest BCUT2D eigenvalue weighted by Crippen LogP contribution is -2.02. The second kappa shape index (κ2) is 3.98. The van der Waals surface area contributed by atoms with Crippen LogP contribution >= 0.6 is 15.9 Å². The van der Waals surface area contributed by atoms with E-state index in [1.807, 2.05) is 18.2 Å². The zero-order valence-electron chi connectivity index (χ0n) is 8.03. The monoisotopic (exact) mass is 265 g/mol. The summed E-state index contributed by atoms with van der Waals surface area (Å²) in [6, 6.07) is 7.42. The molecule has 0 amide bonds. The number of ether oxygens (including phenoxy) is 1. The van der Waals surface area contributed by atoms with Crippen LogP contribution in [0.5, 0.6) is 5.75 Å². The Morgan fingerprint density at radius 1 is 1.40 bits per heavy atom. The van der Waals surface area contributed by atoms with Crippen molar-refractivity contribution in [2.24, 2.45) is 0 Å². The number of pyridine rings is 1. The van der Waals surface area contributed by atoms with Gasteiger partial charge >= 0.3 is 5.97 Å². The minimum absolute atomic E-state index is 0.342. The van der Waals surface area contributed by atoms with Gasteiger partial charge in [-0.3, -0.25) is 9.78 Å². The number of hydrogen-bond acceptors (Lipinski definition) is 3. The normalized spacial score (nSPS) is 10.3. The molecule has 0 N–H and O–H groups in total. The summed E-state index contributed by atoms with van der Waals surface area (Å²) in [5.74, 6) is 0.152. The maximum absolute atomic E-state index is 10.8. The Labute approximate surface area is 95.2 Å². The van der Waals surface area contributed by atoms with E-state index in [-0.39, 0.29) is 5.97 Å². The molecule has 3 nitrogen and oxygen atoms in total. The molecule has 0 radical (unpaired) electrons. The molecule has 0 bridgehead atoms. The Kier molecular flexibility index (Phi) is 2.68. The fourth-order valence-electron chi connectivity index (χ4n) is 1.32. The highest BCUT2D eigenvalue weighted by atomic mass is 79.9. The summed E-state index contributed by atoms with van der Waals surface area (Å²) >= 11 is 3.37. The summed E-state index contributed by atoms with van der Waals surface area (Å²) in [6.07, 6.45) is 1.70.